The van der Waals surface area contributed by atoms with Crippen molar-refractivity contribution < 1.29 is 19.4 Å². The highest BCUT2D eigenvalue weighted by molar-refractivity contribution is 6.06. The lowest BCUT2D eigenvalue weighted by Gasteiger charge is -2.26. The van der Waals surface area contributed by atoms with E-state index in [1.165, 1.54) is 12.1 Å². The van der Waals surface area contributed by atoms with Crippen LogP contribution in [-0.4, -0.2) is 77.7 Å². The minimum Gasteiger partial charge on any atom is -0.508 e. The van der Waals surface area contributed by atoms with E-state index in [4.69, 9.17) is 9.72 Å². The molecule has 0 saturated heterocycles. The van der Waals surface area contributed by atoms with Gasteiger partial charge in [-0.25, -0.2) is 4.98 Å². The molecule has 1 aliphatic carbocycles. The van der Waals surface area contributed by atoms with Crippen LogP contribution in [0, 0.1) is 0 Å². The second kappa shape index (κ2) is 13.7. The molecule has 12 nitrogen and oxygen atoms in total. The number of nitrogens with one attached hydrogen (secondary N) is 3. The molecule has 4 aromatic rings. The van der Waals surface area contributed by atoms with E-state index in [9.17, 15) is 14.7 Å². The van der Waals surface area contributed by atoms with Crippen molar-refractivity contribution in [1.29, 1.82) is 0 Å². The molecule has 2 aromatic carbocycles. The van der Waals surface area contributed by atoms with Crippen molar-refractivity contribution in [3.63, 3.8) is 0 Å². The molecule has 5 rings (SSSR count). The monoisotopic (exact) mass is 612 g/mol. The molecule has 1 aliphatic rings. The molecular weight excluding hydrogens is 572 g/mol. The van der Waals surface area contributed by atoms with Crippen LogP contribution in [0.3, 0.4) is 0 Å². The van der Waals surface area contributed by atoms with E-state index in [2.05, 4.69) is 32.4 Å². The summed E-state index contributed by atoms with van der Waals surface area (Å²) in [4.78, 5) is 39.4. The molecule has 0 aliphatic heterocycles. The fourth-order valence-corrected chi connectivity index (χ4v) is 5.58. The Balaban J connectivity index is 1.52. The lowest BCUT2D eigenvalue weighted by molar-refractivity contribution is -0.111. The maximum absolute atomic E-state index is 13.5. The fraction of sp³-hybridized carbons (Fsp3) is 0.333. The summed E-state index contributed by atoms with van der Waals surface area (Å²) in [7, 11) is 7.55. The molecule has 1 saturated carbocycles. The first-order valence-electron chi connectivity index (χ1n) is 14.9. The van der Waals surface area contributed by atoms with Crippen molar-refractivity contribution in [2.75, 3.05) is 62.2 Å². The van der Waals surface area contributed by atoms with Gasteiger partial charge in [0.15, 0.2) is 0 Å². The van der Waals surface area contributed by atoms with Gasteiger partial charge in [-0.05, 0) is 57.3 Å². The van der Waals surface area contributed by atoms with Gasteiger partial charge in [0.25, 0.3) is 5.91 Å². The Labute approximate surface area is 262 Å². The first kappa shape index (κ1) is 31.3. The zero-order chi connectivity index (χ0) is 32.1. The molecular formula is C33H40N8O4. The van der Waals surface area contributed by atoms with Crippen molar-refractivity contribution in [2.45, 2.75) is 31.7 Å². The number of fused-ring (bicyclic) bond motifs is 1. The Bertz CT molecular complexity index is 1710. The molecule has 0 spiro atoms. The number of aromatic hydroxyl groups is 1. The van der Waals surface area contributed by atoms with Crippen LogP contribution in [0.2, 0.25) is 0 Å². The maximum Gasteiger partial charge on any atom is 0.272 e. The van der Waals surface area contributed by atoms with Gasteiger partial charge in [-0.1, -0.05) is 25.5 Å². The molecule has 2 amide bonds. The Hall–Kier alpha value is -5.10. The number of amides is 2. The first-order chi connectivity index (χ1) is 21.7. The maximum atomic E-state index is 13.5. The number of hydrogen-bond donors (Lipinski definition) is 4. The van der Waals surface area contributed by atoms with Crippen LogP contribution in [0.4, 0.5) is 28.7 Å². The van der Waals surface area contributed by atoms with E-state index in [1.807, 2.05) is 36.7 Å². The predicted molar refractivity (Wildman–Crippen MR) is 178 cm³/mol. The number of rotatable bonds is 12. The van der Waals surface area contributed by atoms with Gasteiger partial charge >= 0.3 is 0 Å². The number of likely N-dealkylation sites (N-methyl/N-ethyl adjacent to an activating group) is 2. The van der Waals surface area contributed by atoms with Gasteiger partial charge in [0, 0.05) is 55.6 Å². The van der Waals surface area contributed by atoms with Crippen LogP contribution in [-0.2, 0) is 4.79 Å². The van der Waals surface area contributed by atoms with Crippen molar-refractivity contribution in [3.8, 4) is 11.5 Å². The number of hydrogen-bond acceptors (Lipinski definition) is 9. The third-order valence-electron chi connectivity index (χ3n) is 7.90. The van der Waals surface area contributed by atoms with E-state index in [-0.39, 0.29) is 23.6 Å². The average molecular weight is 613 g/mol. The zero-order valence-electron chi connectivity index (χ0n) is 26.1. The van der Waals surface area contributed by atoms with Crippen molar-refractivity contribution in [3.05, 3.63) is 67.0 Å². The number of anilines is 5. The number of carbonyl (C=O) groups excluding carboxylic acids is 2. The topological polar surface area (TPSA) is 137 Å². The highest BCUT2D eigenvalue weighted by Gasteiger charge is 2.26. The Kier molecular flexibility index (Phi) is 9.53. The summed E-state index contributed by atoms with van der Waals surface area (Å²) >= 11 is 0. The van der Waals surface area contributed by atoms with Gasteiger partial charge in [-0.15, -0.1) is 0 Å². The van der Waals surface area contributed by atoms with E-state index in [1.54, 1.807) is 43.6 Å². The quantitative estimate of drug-likeness (QED) is 0.156. The molecule has 2 aromatic heterocycles. The molecule has 4 N–H and O–H groups in total. The summed E-state index contributed by atoms with van der Waals surface area (Å²) in [6.45, 7) is 5.13. The third kappa shape index (κ3) is 7.18. The van der Waals surface area contributed by atoms with Gasteiger partial charge in [0.2, 0.25) is 11.9 Å². The van der Waals surface area contributed by atoms with Crippen molar-refractivity contribution in [2.24, 2.45) is 0 Å². The Morgan fingerprint density at radius 1 is 1.09 bits per heavy atom. The van der Waals surface area contributed by atoms with Crippen molar-refractivity contribution in [1.82, 2.24) is 19.4 Å². The highest BCUT2D eigenvalue weighted by Crippen LogP contribution is 2.39. The number of nitrogens with zero attached hydrogens (tertiary/aromatic N) is 5. The van der Waals surface area contributed by atoms with E-state index in [0.29, 0.717) is 40.1 Å². The number of ether oxygens (including phenoxy) is 1. The van der Waals surface area contributed by atoms with E-state index >= 15 is 0 Å². The summed E-state index contributed by atoms with van der Waals surface area (Å²) in [6.07, 6.45) is 6.93. The average Bonchev–Trinajstić information content (AvgIpc) is 3.68. The highest BCUT2D eigenvalue weighted by atomic mass is 16.5. The lowest BCUT2D eigenvalue weighted by atomic mass is 10.2. The number of carbonyl (C=O) groups is 2. The molecule has 45 heavy (non-hydrogen) atoms. The van der Waals surface area contributed by atoms with Crippen LogP contribution in [0.25, 0.3) is 11.0 Å². The normalized spacial score (nSPS) is 13.2. The third-order valence-corrected chi connectivity index (χ3v) is 7.90. The predicted octanol–water partition coefficient (Wildman–Crippen LogP) is 5.38. The summed E-state index contributed by atoms with van der Waals surface area (Å²) < 4.78 is 7.75. The van der Waals surface area contributed by atoms with Gasteiger partial charge in [0.05, 0.1) is 24.2 Å². The molecule has 0 bridgehead atoms. The van der Waals surface area contributed by atoms with Crippen molar-refractivity contribution >= 4 is 51.5 Å². The summed E-state index contributed by atoms with van der Waals surface area (Å²) in [5, 5.41) is 19.7. The molecule has 236 valence electrons. The second-order valence-corrected chi connectivity index (χ2v) is 11.4. The van der Waals surface area contributed by atoms with Gasteiger partial charge in [0.1, 0.15) is 22.8 Å². The summed E-state index contributed by atoms with van der Waals surface area (Å²) in [6, 6.07) is 12.0. The zero-order valence-corrected chi connectivity index (χ0v) is 26.1. The number of benzene rings is 2. The van der Waals surface area contributed by atoms with Gasteiger partial charge < -0.3 is 40.2 Å². The Morgan fingerprint density at radius 2 is 1.87 bits per heavy atom. The minimum absolute atomic E-state index is 0.0709. The van der Waals surface area contributed by atoms with Crippen LogP contribution in [0.5, 0.6) is 11.5 Å². The largest absolute Gasteiger partial charge is 0.508 e. The molecule has 0 radical (unpaired) electrons. The Morgan fingerprint density at radius 3 is 2.56 bits per heavy atom. The standard InChI is InChI=1S/C33H40N8O4/c1-6-30(43)36-25-18-26(29(45-5)19-27(25)40(4)15-14-39(2)3)37-33-34-20-21-16-28(32(44)35-22-10-9-13-24(42)17-22)41(31(21)38-33)23-11-7-8-12-23/h6,9-10,13,16-20,23,42H,1,7-8,11-12,14-15H2,2-5H3,(H,35,44)(H,36,43)(H,34,37,38). The van der Waals surface area contributed by atoms with E-state index < -0.39 is 0 Å². The first-order valence-corrected chi connectivity index (χ1v) is 14.9. The van der Waals surface area contributed by atoms with Gasteiger partial charge in [-0.3, -0.25) is 9.59 Å². The fourth-order valence-electron chi connectivity index (χ4n) is 5.58. The number of phenols is 1. The SMILES string of the molecule is C=CC(=O)Nc1cc(Nc2ncc3cc(C(=O)Nc4cccc(O)c4)n(C4CCCC4)c3n2)c(OC)cc1N(C)CCN(C)C. The molecule has 0 unspecified atom stereocenters. The number of aromatic nitrogens is 3. The molecule has 0 atom stereocenters. The number of methoxy groups -OCH3 is 1. The number of phenolic OH excluding ortho intramolecular Hbond substituents is 1. The second-order valence-electron chi connectivity index (χ2n) is 11.4. The lowest BCUT2D eigenvalue weighted by Crippen LogP contribution is -2.29. The van der Waals surface area contributed by atoms with E-state index in [0.717, 1.165) is 49.8 Å². The summed E-state index contributed by atoms with van der Waals surface area (Å²) in [5.74, 6) is 0.295. The molecule has 2 heterocycles. The smallest absolute Gasteiger partial charge is 0.272 e. The van der Waals surface area contributed by atoms with Crippen LogP contribution in [0.1, 0.15) is 42.2 Å². The minimum atomic E-state index is -0.336. The van der Waals surface area contributed by atoms with Crippen LogP contribution in [0.15, 0.2) is 61.3 Å². The van der Waals surface area contributed by atoms with Gasteiger partial charge in [-0.2, -0.15) is 4.98 Å². The van der Waals surface area contributed by atoms with Crippen LogP contribution >= 0.6 is 0 Å². The molecule has 1 fully saturated rings. The molecule has 12 heteroatoms. The summed E-state index contributed by atoms with van der Waals surface area (Å²) in [5.41, 5.74) is 3.53. The van der Waals surface area contributed by atoms with Crippen LogP contribution < -0.4 is 25.6 Å².